The molecule has 5 rings (SSSR count). The largest absolute Gasteiger partial charge is 0.367 e. The number of carbonyl (C=O) groups is 1. The molecule has 1 N–H and O–H groups in total. The fraction of sp³-hybridized carbons (Fsp3) is 0.759. The number of ketones is 1. The number of Topliss-reactive ketones (excluding diaryl/α,β-unsaturated/α-hetero) is 1. The fourth-order valence-corrected chi connectivity index (χ4v) is 6.47. The number of rotatable bonds is 8. The molecule has 0 spiro atoms. The first-order chi connectivity index (χ1) is 17.7. The Morgan fingerprint density at radius 2 is 1.50 bits per heavy atom. The van der Waals surface area contributed by atoms with E-state index in [0.717, 1.165) is 42.8 Å². The summed E-state index contributed by atoms with van der Waals surface area (Å²) in [5.41, 5.74) is 1.41. The Labute approximate surface area is 217 Å². The molecule has 3 fully saturated rings. The van der Waals surface area contributed by atoms with E-state index in [4.69, 9.17) is 4.98 Å². The Bertz CT molecular complexity index is 981. The van der Waals surface area contributed by atoms with Crippen molar-refractivity contribution >= 4 is 22.6 Å². The van der Waals surface area contributed by atoms with E-state index in [9.17, 15) is 4.79 Å². The lowest BCUT2D eigenvalue weighted by Gasteiger charge is -2.34. The second-order valence-electron chi connectivity index (χ2n) is 11.5. The summed E-state index contributed by atoms with van der Waals surface area (Å²) >= 11 is 0. The van der Waals surface area contributed by atoms with Crippen molar-refractivity contribution in [2.75, 3.05) is 44.6 Å². The van der Waals surface area contributed by atoms with Crippen LogP contribution in [-0.2, 0) is 7.05 Å². The van der Waals surface area contributed by atoms with Crippen LogP contribution in [0.25, 0.3) is 11.0 Å². The minimum Gasteiger partial charge on any atom is -0.367 e. The molecule has 3 aliphatic rings. The van der Waals surface area contributed by atoms with Gasteiger partial charge >= 0.3 is 0 Å². The third-order valence-electron chi connectivity index (χ3n) is 8.77. The first kappa shape index (κ1) is 25.7. The molecule has 1 saturated carbocycles. The molecule has 7 nitrogen and oxygen atoms in total. The van der Waals surface area contributed by atoms with Gasteiger partial charge in [-0.2, -0.15) is 5.10 Å². The SMILES string of the molecule is Cn1nc(C(=O)CC2CCN(CCN3CCCCC3)CC2)c2ccc(NC3CCCCCCC3)nc21. The van der Waals surface area contributed by atoms with Crippen molar-refractivity contribution < 1.29 is 4.79 Å². The molecule has 2 aromatic rings. The van der Waals surface area contributed by atoms with Crippen molar-refractivity contribution in [3.8, 4) is 0 Å². The standard InChI is InChI=1S/C29H46N6O/c1-33-29-25(12-13-27(31-29)30-24-10-6-3-2-4-7-11-24)28(32-33)26(36)22-23-14-18-35(19-15-23)21-20-34-16-8-5-9-17-34/h12-13,23-24H,2-11,14-22H2,1H3,(H,30,31). The van der Waals surface area contributed by atoms with Gasteiger partial charge in [0.1, 0.15) is 11.5 Å². The average molecular weight is 495 g/mol. The highest BCUT2D eigenvalue weighted by Gasteiger charge is 2.25. The predicted molar refractivity (Wildman–Crippen MR) is 147 cm³/mol. The van der Waals surface area contributed by atoms with Gasteiger partial charge in [-0.1, -0.05) is 38.5 Å². The maximum Gasteiger partial charge on any atom is 0.184 e. The van der Waals surface area contributed by atoms with Gasteiger partial charge in [-0.05, 0) is 82.8 Å². The van der Waals surface area contributed by atoms with Crippen molar-refractivity contribution in [2.24, 2.45) is 13.0 Å². The van der Waals surface area contributed by atoms with E-state index in [0.29, 0.717) is 24.1 Å². The Morgan fingerprint density at radius 3 is 2.22 bits per heavy atom. The molecular weight excluding hydrogens is 448 g/mol. The highest BCUT2D eigenvalue weighted by molar-refractivity contribution is 6.05. The van der Waals surface area contributed by atoms with Crippen LogP contribution in [0.2, 0.25) is 0 Å². The zero-order valence-electron chi connectivity index (χ0n) is 22.4. The number of nitrogens with one attached hydrogen (secondary N) is 1. The number of carbonyl (C=O) groups excluding carboxylic acids is 1. The number of pyridine rings is 1. The zero-order valence-corrected chi connectivity index (χ0v) is 22.4. The van der Waals surface area contributed by atoms with Gasteiger partial charge in [0.2, 0.25) is 0 Å². The number of aryl methyl sites for hydroxylation is 1. The molecule has 7 heteroatoms. The highest BCUT2D eigenvalue weighted by atomic mass is 16.1. The van der Waals surface area contributed by atoms with Crippen molar-refractivity contribution in [3.05, 3.63) is 17.8 Å². The Hall–Kier alpha value is -1.99. The lowest BCUT2D eigenvalue weighted by Crippen LogP contribution is -2.41. The number of likely N-dealkylation sites (tertiary alicyclic amines) is 2. The first-order valence-corrected chi connectivity index (χ1v) is 14.7. The number of hydrogen-bond acceptors (Lipinski definition) is 6. The van der Waals surface area contributed by atoms with Crippen molar-refractivity contribution in [3.63, 3.8) is 0 Å². The number of aromatic nitrogens is 3. The van der Waals surface area contributed by atoms with E-state index in [1.54, 1.807) is 4.68 Å². The van der Waals surface area contributed by atoms with Crippen LogP contribution in [0, 0.1) is 5.92 Å². The quantitative estimate of drug-likeness (QED) is 0.505. The topological polar surface area (TPSA) is 66.3 Å². The van der Waals surface area contributed by atoms with Gasteiger partial charge in [-0.3, -0.25) is 4.79 Å². The summed E-state index contributed by atoms with van der Waals surface area (Å²) in [6.07, 6.45) is 16.0. The number of anilines is 1. The van der Waals surface area contributed by atoms with Crippen LogP contribution in [0.4, 0.5) is 5.82 Å². The third-order valence-corrected chi connectivity index (χ3v) is 8.77. The molecular formula is C29H46N6O. The van der Waals surface area contributed by atoms with Crippen molar-refractivity contribution in [1.82, 2.24) is 24.6 Å². The summed E-state index contributed by atoms with van der Waals surface area (Å²) < 4.78 is 1.79. The number of piperidine rings is 2. The van der Waals surface area contributed by atoms with Crippen LogP contribution in [-0.4, -0.2) is 75.7 Å². The van der Waals surface area contributed by atoms with Crippen LogP contribution >= 0.6 is 0 Å². The molecule has 0 atom stereocenters. The zero-order chi connectivity index (χ0) is 24.7. The highest BCUT2D eigenvalue weighted by Crippen LogP contribution is 2.27. The van der Waals surface area contributed by atoms with Crippen LogP contribution in [0.1, 0.15) is 94.0 Å². The molecule has 0 bridgehead atoms. The molecule has 0 unspecified atom stereocenters. The maximum atomic E-state index is 13.3. The molecule has 36 heavy (non-hydrogen) atoms. The van der Waals surface area contributed by atoms with Crippen LogP contribution in [0.15, 0.2) is 12.1 Å². The van der Waals surface area contributed by atoms with E-state index in [-0.39, 0.29) is 5.78 Å². The van der Waals surface area contributed by atoms with Gasteiger partial charge in [0.05, 0.1) is 5.39 Å². The maximum absolute atomic E-state index is 13.3. The van der Waals surface area contributed by atoms with Gasteiger partial charge in [0, 0.05) is 32.6 Å². The summed E-state index contributed by atoms with van der Waals surface area (Å²) in [5, 5.41) is 9.18. The molecule has 1 aliphatic carbocycles. The van der Waals surface area contributed by atoms with E-state index >= 15 is 0 Å². The molecule has 4 heterocycles. The first-order valence-electron chi connectivity index (χ1n) is 14.7. The number of hydrogen-bond donors (Lipinski definition) is 1. The Kier molecular flexibility index (Phi) is 8.91. The predicted octanol–water partition coefficient (Wildman–Crippen LogP) is 5.26. The Balaban J connectivity index is 1.14. The van der Waals surface area contributed by atoms with E-state index in [2.05, 4.69) is 26.3 Å². The summed E-state index contributed by atoms with van der Waals surface area (Å²) in [5.74, 6) is 1.55. The van der Waals surface area contributed by atoms with Crippen LogP contribution in [0.5, 0.6) is 0 Å². The second kappa shape index (κ2) is 12.5. The molecule has 0 amide bonds. The molecule has 2 aliphatic heterocycles. The molecule has 0 radical (unpaired) electrons. The average Bonchev–Trinajstić information content (AvgIpc) is 3.22. The van der Waals surface area contributed by atoms with Crippen LogP contribution in [0.3, 0.4) is 0 Å². The molecule has 2 saturated heterocycles. The lowest BCUT2D eigenvalue weighted by atomic mass is 9.90. The van der Waals surface area contributed by atoms with E-state index in [1.807, 2.05) is 13.1 Å². The van der Waals surface area contributed by atoms with Crippen molar-refractivity contribution in [2.45, 2.75) is 89.5 Å². The molecule has 2 aromatic heterocycles. The number of fused-ring (bicyclic) bond motifs is 1. The molecule has 198 valence electrons. The van der Waals surface area contributed by atoms with Gasteiger partial charge in [0.15, 0.2) is 11.4 Å². The lowest BCUT2D eigenvalue weighted by molar-refractivity contribution is 0.0915. The van der Waals surface area contributed by atoms with Crippen LogP contribution < -0.4 is 5.32 Å². The summed E-state index contributed by atoms with van der Waals surface area (Å²) in [7, 11) is 1.91. The van der Waals surface area contributed by atoms with Gasteiger partial charge in [0.25, 0.3) is 0 Å². The summed E-state index contributed by atoms with van der Waals surface area (Å²) in [4.78, 5) is 23.4. The fourth-order valence-electron chi connectivity index (χ4n) is 6.47. The van der Waals surface area contributed by atoms with E-state index in [1.165, 1.54) is 90.4 Å². The minimum atomic E-state index is 0.176. The molecule has 0 aromatic carbocycles. The Morgan fingerprint density at radius 1 is 0.861 bits per heavy atom. The van der Waals surface area contributed by atoms with Gasteiger partial charge < -0.3 is 15.1 Å². The third kappa shape index (κ3) is 6.65. The monoisotopic (exact) mass is 494 g/mol. The minimum absolute atomic E-state index is 0.176. The van der Waals surface area contributed by atoms with Crippen molar-refractivity contribution in [1.29, 1.82) is 0 Å². The smallest absolute Gasteiger partial charge is 0.184 e. The van der Waals surface area contributed by atoms with Gasteiger partial charge in [-0.25, -0.2) is 9.67 Å². The normalized spacial score (nSPS) is 21.9. The second-order valence-corrected chi connectivity index (χ2v) is 11.5. The number of nitrogens with zero attached hydrogens (tertiary/aromatic N) is 5. The van der Waals surface area contributed by atoms with Gasteiger partial charge in [-0.15, -0.1) is 0 Å². The summed E-state index contributed by atoms with van der Waals surface area (Å²) in [6.45, 7) is 7.16. The van der Waals surface area contributed by atoms with E-state index < -0.39 is 0 Å². The summed E-state index contributed by atoms with van der Waals surface area (Å²) in [6, 6.07) is 4.59.